The third kappa shape index (κ3) is 4.03. The summed E-state index contributed by atoms with van der Waals surface area (Å²) in [5, 5.41) is 6.06. The fourth-order valence-electron chi connectivity index (χ4n) is 2.73. The van der Waals surface area contributed by atoms with Crippen LogP contribution in [-0.2, 0) is 0 Å². The molecule has 2 atom stereocenters. The van der Waals surface area contributed by atoms with Crippen LogP contribution in [0, 0.1) is 6.92 Å². The van der Waals surface area contributed by atoms with Gasteiger partial charge in [0.05, 0.1) is 18.8 Å². The number of aryl methyl sites for hydroxylation is 1. The molecule has 0 radical (unpaired) electrons. The quantitative estimate of drug-likeness (QED) is 0.903. The van der Waals surface area contributed by atoms with E-state index in [2.05, 4.69) is 22.2 Å². The van der Waals surface area contributed by atoms with E-state index >= 15 is 0 Å². The van der Waals surface area contributed by atoms with Gasteiger partial charge in [0, 0.05) is 30.2 Å². The van der Waals surface area contributed by atoms with Gasteiger partial charge in [-0.05, 0) is 25.5 Å². The largest absolute Gasteiger partial charge is 0.487 e. The maximum absolute atomic E-state index is 12.5. The molecular formula is C17H22N4O2S. The fourth-order valence-corrected chi connectivity index (χ4v) is 3.66. The Labute approximate surface area is 145 Å². The van der Waals surface area contributed by atoms with Crippen molar-refractivity contribution >= 4 is 17.4 Å². The summed E-state index contributed by atoms with van der Waals surface area (Å²) in [5.41, 5.74) is 0.994. The van der Waals surface area contributed by atoms with Gasteiger partial charge in [0.1, 0.15) is 16.9 Å². The van der Waals surface area contributed by atoms with Crippen LogP contribution in [0.2, 0.25) is 0 Å². The van der Waals surface area contributed by atoms with Gasteiger partial charge in [0.25, 0.3) is 0 Å². The second-order valence-electron chi connectivity index (χ2n) is 5.90. The number of thiazole rings is 1. The molecule has 0 aromatic carbocycles. The lowest BCUT2D eigenvalue weighted by molar-refractivity contribution is 0.184. The topological polar surface area (TPSA) is 67.4 Å². The predicted octanol–water partition coefficient (Wildman–Crippen LogP) is 3.16. The van der Waals surface area contributed by atoms with Crippen molar-refractivity contribution in [2.45, 2.75) is 38.8 Å². The second-order valence-corrected chi connectivity index (χ2v) is 6.79. The van der Waals surface area contributed by atoms with Gasteiger partial charge in [-0.15, -0.1) is 11.3 Å². The molecule has 1 N–H and O–H groups in total. The molecule has 1 aliphatic rings. The maximum atomic E-state index is 12.5. The van der Waals surface area contributed by atoms with Crippen LogP contribution in [0.4, 0.5) is 4.79 Å². The number of likely N-dealkylation sites (tertiary alicyclic amines) is 1. The van der Waals surface area contributed by atoms with Gasteiger partial charge >= 0.3 is 6.03 Å². The minimum atomic E-state index is -0.0491. The predicted molar refractivity (Wildman–Crippen MR) is 93.3 cm³/mol. The van der Waals surface area contributed by atoms with Crippen molar-refractivity contribution in [3.05, 3.63) is 40.6 Å². The first-order chi connectivity index (χ1) is 11.7. The summed E-state index contributed by atoms with van der Waals surface area (Å²) >= 11 is 1.59. The van der Waals surface area contributed by atoms with Crippen molar-refractivity contribution in [1.82, 2.24) is 20.2 Å². The lowest BCUT2D eigenvalue weighted by atomic mass is 10.2. The normalized spacial score (nSPS) is 18.4. The molecule has 6 nitrogen and oxygen atoms in total. The van der Waals surface area contributed by atoms with E-state index in [0.717, 1.165) is 29.3 Å². The summed E-state index contributed by atoms with van der Waals surface area (Å²) in [5.74, 6) is 0.745. The Kier molecular flexibility index (Phi) is 5.30. The van der Waals surface area contributed by atoms with E-state index in [-0.39, 0.29) is 18.2 Å². The molecule has 0 spiro atoms. The molecule has 7 heteroatoms. The van der Waals surface area contributed by atoms with E-state index in [0.29, 0.717) is 13.1 Å². The molecule has 0 saturated carbocycles. The Balaban J connectivity index is 1.54. The van der Waals surface area contributed by atoms with Crippen molar-refractivity contribution in [2.24, 2.45) is 0 Å². The number of aromatic nitrogens is 2. The Morgan fingerprint density at radius 3 is 3.12 bits per heavy atom. The minimum absolute atomic E-state index is 0.0159. The number of carbonyl (C=O) groups excluding carboxylic acids is 1. The van der Waals surface area contributed by atoms with Gasteiger partial charge in [0.2, 0.25) is 0 Å². The van der Waals surface area contributed by atoms with Crippen molar-refractivity contribution in [3.8, 4) is 5.75 Å². The zero-order valence-electron chi connectivity index (χ0n) is 13.9. The van der Waals surface area contributed by atoms with Gasteiger partial charge in [-0.3, -0.25) is 4.98 Å². The highest BCUT2D eigenvalue weighted by Crippen LogP contribution is 2.22. The van der Waals surface area contributed by atoms with Crippen LogP contribution >= 0.6 is 11.3 Å². The molecule has 3 heterocycles. The molecule has 24 heavy (non-hydrogen) atoms. The monoisotopic (exact) mass is 346 g/mol. The third-order valence-corrected chi connectivity index (χ3v) is 5.09. The molecule has 1 saturated heterocycles. The minimum Gasteiger partial charge on any atom is -0.487 e. The van der Waals surface area contributed by atoms with Crippen molar-refractivity contribution < 1.29 is 9.53 Å². The smallest absolute Gasteiger partial charge is 0.318 e. The third-order valence-electron chi connectivity index (χ3n) is 4.01. The number of hydrogen-bond acceptors (Lipinski definition) is 5. The average Bonchev–Trinajstić information content (AvgIpc) is 3.22. The van der Waals surface area contributed by atoms with Crippen LogP contribution < -0.4 is 10.1 Å². The number of nitrogens with one attached hydrogen (secondary N) is 1. The Bertz CT molecular complexity index is 676. The Morgan fingerprint density at radius 1 is 1.58 bits per heavy atom. The molecule has 2 aromatic heterocycles. The van der Waals surface area contributed by atoms with Gasteiger partial charge in [0.15, 0.2) is 0 Å². The molecule has 128 valence electrons. The van der Waals surface area contributed by atoms with E-state index in [4.69, 9.17) is 4.74 Å². The van der Waals surface area contributed by atoms with E-state index in [1.54, 1.807) is 23.7 Å². The first kappa shape index (κ1) is 16.7. The van der Waals surface area contributed by atoms with Gasteiger partial charge < -0.3 is 15.0 Å². The SMILES string of the molecule is CC[C@@H](NC(=O)N1CC[C@@H](Oc2cccnc2)C1)c1nc(C)cs1. The van der Waals surface area contributed by atoms with Gasteiger partial charge in [-0.25, -0.2) is 9.78 Å². The van der Waals surface area contributed by atoms with E-state index < -0.39 is 0 Å². The number of rotatable bonds is 5. The maximum Gasteiger partial charge on any atom is 0.318 e. The number of pyridine rings is 1. The zero-order chi connectivity index (χ0) is 16.9. The van der Waals surface area contributed by atoms with Gasteiger partial charge in [-0.1, -0.05) is 6.92 Å². The van der Waals surface area contributed by atoms with Crippen LogP contribution in [-0.4, -0.2) is 40.1 Å². The molecule has 1 aliphatic heterocycles. The van der Waals surface area contributed by atoms with Crippen LogP contribution in [0.25, 0.3) is 0 Å². The molecule has 0 unspecified atom stereocenters. The Morgan fingerprint density at radius 2 is 2.46 bits per heavy atom. The number of hydrogen-bond donors (Lipinski definition) is 1. The number of urea groups is 1. The molecular weight excluding hydrogens is 324 g/mol. The van der Waals surface area contributed by atoms with E-state index in [1.807, 2.05) is 29.3 Å². The first-order valence-corrected chi connectivity index (χ1v) is 9.07. The summed E-state index contributed by atoms with van der Waals surface area (Å²) in [6.45, 7) is 5.31. The molecule has 2 aromatic rings. The lowest BCUT2D eigenvalue weighted by Gasteiger charge is -2.21. The Hall–Kier alpha value is -2.15. The summed E-state index contributed by atoms with van der Waals surface area (Å²) in [6, 6.07) is 3.64. The summed E-state index contributed by atoms with van der Waals surface area (Å²) in [6.07, 6.45) is 5.08. The number of ether oxygens (including phenoxy) is 1. The molecule has 1 fully saturated rings. The number of carbonyl (C=O) groups is 1. The van der Waals surface area contributed by atoms with Crippen molar-refractivity contribution in [3.63, 3.8) is 0 Å². The highest BCUT2D eigenvalue weighted by atomic mass is 32.1. The molecule has 2 amide bonds. The zero-order valence-corrected chi connectivity index (χ0v) is 14.8. The molecule has 0 bridgehead atoms. The number of nitrogens with zero attached hydrogens (tertiary/aromatic N) is 3. The summed E-state index contributed by atoms with van der Waals surface area (Å²) in [7, 11) is 0. The first-order valence-electron chi connectivity index (χ1n) is 8.20. The number of amides is 2. The highest BCUT2D eigenvalue weighted by molar-refractivity contribution is 7.09. The van der Waals surface area contributed by atoms with Crippen LogP contribution in [0.3, 0.4) is 0 Å². The van der Waals surface area contributed by atoms with Crippen molar-refractivity contribution in [1.29, 1.82) is 0 Å². The fraction of sp³-hybridized carbons (Fsp3) is 0.471. The standard InChI is InChI=1S/C17H22N4O2S/c1-3-15(16-19-12(2)11-24-16)20-17(22)21-8-6-14(10-21)23-13-5-4-7-18-9-13/h4-5,7,9,11,14-15H,3,6,8,10H2,1-2H3,(H,20,22)/t14-,15-/m1/s1. The summed E-state index contributed by atoms with van der Waals surface area (Å²) in [4.78, 5) is 22.9. The highest BCUT2D eigenvalue weighted by Gasteiger charge is 2.29. The van der Waals surface area contributed by atoms with Crippen LogP contribution in [0.5, 0.6) is 5.75 Å². The lowest BCUT2D eigenvalue weighted by Crippen LogP contribution is -2.41. The molecule has 3 rings (SSSR count). The van der Waals surface area contributed by atoms with Crippen LogP contribution in [0.15, 0.2) is 29.9 Å². The second kappa shape index (κ2) is 7.61. The van der Waals surface area contributed by atoms with E-state index in [1.165, 1.54) is 0 Å². The van der Waals surface area contributed by atoms with Gasteiger partial charge in [-0.2, -0.15) is 0 Å². The average molecular weight is 346 g/mol. The van der Waals surface area contributed by atoms with E-state index in [9.17, 15) is 4.79 Å². The molecule has 0 aliphatic carbocycles. The van der Waals surface area contributed by atoms with Crippen LogP contribution in [0.1, 0.15) is 36.5 Å². The van der Waals surface area contributed by atoms with Crippen molar-refractivity contribution in [2.75, 3.05) is 13.1 Å². The summed E-state index contributed by atoms with van der Waals surface area (Å²) < 4.78 is 5.88.